The third-order valence-corrected chi connectivity index (χ3v) is 3.61. The molecule has 1 aromatic heterocycles. The smallest absolute Gasteiger partial charge is 0.254 e. The summed E-state index contributed by atoms with van der Waals surface area (Å²) in [7, 11) is 3.94. The first-order chi connectivity index (χ1) is 9.20. The number of anilines is 1. The quantitative estimate of drug-likeness (QED) is 0.856. The molecule has 1 aliphatic rings. The van der Waals surface area contributed by atoms with E-state index in [-0.39, 0.29) is 5.91 Å². The van der Waals surface area contributed by atoms with E-state index in [1.54, 1.807) is 12.4 Å². The van der Waals surface area contributed by atoms with Crippen molar-refractivity contribution >= 4 is 11.6 Å². The van der Waals surface area contributed by atoms with Crippen molar-refractivity contribution in [2.45, 2.75) is 12.8 Å². The fraction of sp³-hybridized carbons (Fsp3) is 0.571. The van der Waals surface area contributed by atoms with E-state index < -0.39 is 0 Å². The summed E-state index contributed by atoms with van der Waals surface area (Å²) < 4.78 is 0. The van der Waals surface area contributed by atoms with Crippen LogP contribution in [0.3, 0.4) is 0 Å². The Morgan fingerprint density at radius 3 is 3.16 bits per heavy atom. The summed E-state index contributed by atoms with van der Waals surface area (Å²) in [6, 6.07) is 1.81. The van der Waals surface area contributed by atoms with E-state index in [0.717, 1.165) is 25.3 Å². The second-order valence-electron chi connectivity index (χ2n) is 5.15. The maximum Gasteiger partial charge on any atom is 0.254 e. The van der Waals surface area contributed by atoms with E-state index >= 15 is 0 Å². The highest BCUT2D eigenvalue weighted by Crippen LogP contribution is 2.15. The number of carbonyl (C=O) groups is 1. The van der Waals surface area contributed by atoms with Gasteiger partial charge in [-0.1, -0.05) is 0 Å². The van der Waals surface area contributed by atoms with Crippen molar-refractivity contribution in [3.8, 4) is 0 Å². The van der Waals surface area contributed by atoms with Crippen LogP contribution in [-0.2, 0) is 0 Å². The first-order valence-electron chi connectivity index (χ1n) is 6.79. The number of piperidine rings is 1. The van der Waals surface area contributed by atoms with Gasteiger partial charge in [0, 0.05) is 38.2 Å². The van der Waals surface area contributed by atoms with E-state index in [2.05, 4.69) is 27.6 Å². The SMILES string of the molecule is CNc1ccncc1C(=O)NCC1CCCN(C)C1. The molecule has 0 aliphatic carbocycles. The largest absolute Gasteiger partial charge is 0.387 e. The first-order valence-corrected chi connectivity index (χ1v) is 6.79. The number of carbonyl (C=O) groups excluding carboxylic acids is 1. The van der Waals surface area contributed by atoms with Crippen LogP contribution in [0.1, 0.15) is 23.2 Å². The van der Waals surface area contributed by atoms with E-state index in [1.165, 1.54) is 12.8 Å². The highest BCUT2D eigenvalue weighted by Gasteiger charge is 2.18. The number of aromatic nitrogens is 1. The normalized spacial score (nSPS) is 20.0. The molecule has 0 bridgehead atoms. The molecule has 0 aromatic carbocycles. The van der Waals surface area contributed by atoms with E-state index in [4.69, 9.17) is 0 Å². The van der Waals surface area contributed by atoms with Crippen molar-refractivity contribution < 1.29 is 4.79 Å². The minimum absolute atomic E-state index is 0.0503. The summed E-state index contributed by atoms with van der Waals surface area (Å²) in [5.41, 5.74) is 1.42. The molecule has 2 rings (SSSR count). The van der Waals surface area contributed by atoms with Crippen molar-refractivity contribution in [2.75, 3.05) is 39.0 Å². The van der Waals surface area contributed by atoms with E-state index in [1.807, 2.05) is 13.1 Å². The number of pyridine rings is 1. The van der Waals surface area contributed by atoms with Gasteiger partial charge in [0.05, 0.1) is 5.56 Å². The van der Waals surface area contributed by atoms with Crippen LogP contribution in [0.5, 0.6) is 0 Å². The van der Waals surface area contributed by atoms with Gasteiger partial charge >= 0.3 is 0 Å². The van der Waals surface area contributed by atoms with Gasteiger partial charge in [-0.05, 0) is 38.4 Å². The van der Waals surface area contributed by atoms with Gasteiger partial charge in [-0.3, -0.25) is 9.78 Å². The minimum atomic E-state index is -0.0503. The number of nitrogens with one attached hydrogen (secondary N) is 2. The lowest BCUT2D eigenvalue weighted by Crippen LogP contribution is -2.39. The maximum atomic E-state index is 12.1. The van der Waals surface area contributed by atoms with Crippen LogP contribution in [0.15, 0.2) is 18.5 Å². The molecule has 2 N–H and O–H groups in total. The summed E-state index contributed by atoms with van der Waals surface area (Å²) in [6.45, 7) is 2.96. The number of rotatable bonds is 4. The third-order valence-electron chi connectivity index (χ3n) is 3.61. The van der Waals surface area contributed by atoms with Crippen molar-refractivity contribution in [1.82, 2.24) is 15.2 Å². The molecule has 5 heteroatoms. The predicted octanol–water partition coefficient (Wildman–Crippen LogP) is 1.19. The highest BCUT2D eigenvalue weighted by atomic mass is 16.1. The van der Waals surface area contributed by atoms with Gasteiger partial charge in [0.25, 0.3) is 5.91 Å². The van der Waals surface area contributed by atoms with Gasteiger partial charge in [0.1, 0.15) is 0 Å². The van der Waals surface area contributed by atoms with Crippen molar-refractivity contribution in [3.05, 3.63) is 24.0 Å². The van der Waals surface area contributed by atoms with Crippen LogP contribution in [-0.4, -0.2) is 49.5 Å². The fourth-order valence-electron chi connectivity index (χ4n) is 2.57. The van der Waals surface area contributed by atoms with Crippen LogP contribution in [0, 0.1) is 5.92 Å². The molecule has 2 heterocycles. The highest BCUT2D eigenvalue weighted by molar-refractivity contribution is 5.99. The zero-order valence-corrected chi connectivity index (χ0v) is 11.6. The van der Waals surface area contributed by atoms with Gasteiger partial charge in [-0.2, -0.15) is 0 Å². The van der Waals surface area contributed by atoms with Crippen LogP contribution in [0.4, 0.5) is 5.69 Å². The lowest BCUT2D eigenvalue weighted by atomic mass is 9.98. The molecule has 104 valence electrons. The topological polar surface area (TPSA) is 57.3 Å². The van der Waals surface area contributed by atoms with Crippen molar-refractivity contribution in [2.24, 2.45) is 5.92 Å². The second kappa shape index (κ2) is 6.52. The molecule has 0 saturated carbocycles. The average Bonchev–Trinajstić information content (AvgIpc) is 2.45. The molecule has 1 fully saturated rings. The standard InChI is InChI=1S/C14H22N4O/c1-15-13-5-6-16-9-12(13)14(19)17-8-11-4-3-7-18(2)10-11/h5-6,9,11H,3-4,7-8,10H2,1-2H3,(H,15,16)(H,17,19). The molecule has 5 nitrogen and oxygen atoms in total. The molecule has 1 unspecified atom stereocenters. The lowest BCUT2D eigenvalue weighted by Gasteiger charge is -2.29. The van der Waals surface area contributed by atoms with Gasteiger partial charge in [0.2, 0.25) is 0 Å². The molecule has 1 atom stereocenters. The van der Waals surface area contributed by atoms with Gasteiger partial charge < -0.3 is 15.5 Å². The Morgan fingerprint density at radius 2 is 2.42 bits per heavy atom. The molecule has 0 radical (unpaired) electrons. The zero-order chi connectivity index (χ0) is 13.7. The monoisotopic (exact) mass is 262 g/mol. The Balaban J connectivity index is 1.90. The molecule has 19 heavy (non-hydrogen) atoms. The number of amides is 1. The van der Waals surface area contributed by atoms with E-state index in [9.17, 15) is 4.79 Å². The molecule has 0 spiro atoms. The molecule has 1 saturated heterocycles. The van der Waals surface area contributed by atoms with Crippen molar-refractivity contribution in [3.63, 3.8) is 0 Å². The number of likely N-dealkylation sites (tertiary alicyclic amines) is 1. The minimum Gasteiger partial charge on any atom is -0.387 e. The van der Waals surface area contributed by atoms with Crippen LogP contribution < -0.4 is 10.6 Å². The Hall–Kier alpha value is -1.62. The van der Waals surface area contributed by atoms with Crippen LogP contribution >= 0.6 is 0 Å². The van der Waals surface area contributed by atoms with Gasteiger partial charge in [0.15, 0.2) is 0 Å². The molecule has 1 aromatic rings. The van der Waals surface area contributed by atoms with Crippen LogP contribution in [0.2, 0.25) is 0 Å². The molecular formula is C14H22N4O. The molecule has 1 aliphatic heterocycles. The van der Waals surface area contributed by atoms with Gasteiger partial charge in [-0.25, -0.2) is 0 Å². The van der Waals surface area contributed by atoms with Gasteiger partial charge in [-0.15, -0.1) is 0 Å². The number of hydrogen-bond donors (Lipinski definition) is 2. The predicted molar refractivity (Wildman–Crippen MR) is 76.3 cm³/mol. The second-order valence-corrected chi connectivity index (χ2v) is 5.15. The number of hydrogen-bond acceptors (Lipinski definition) is 4. The summed E-state index contributed by atoms with van der Waals surface area (Å²) >= 11 is 0. The Bertz CT molecular complexity index is 435. The molecule has 1 amide bonds. The number of nitrogens with zero attached hydrogens (tertiary/aromatic N) is 2. The zero-order valence-electron chi connectivity index (χ0n) is 11.6. The Labute approximate surface area is 114 Å². The third kappa shape index (κ3) is 3.67. The van der Waals surface area contributed by atoms with Crippen molar-refractivity contribution in [1.29, 1.82) is 0 Å². The summed E-state index contributed by atoms with van der Waals surface area (Å²) in [6.07, 6.45) is 5.69. The Morgan fingerprint density at radius 1 is 1.58 bits per heavy atom. The fourth-order valence-corrected chi connectivity index (χ4v) is 2.57. The summed E-state index contributed by atoms with van der Waals surface area (Å²) in [4.78, 5) is 18.5. The van der Waals surface area contributed by atoms with Crippen LogP contribution in [0.25, 0.3) is 0 Å². The summed E-state index contributed by atoms with van der Waals surface area (Å²) in [5, 5.41) is 6.03. The first kappa shape index (κ1) is 13.8. The molecular weight excluding hydrogens is 240 g/mol. The average molecular weight is 262 g/mol. The maximum absolute atomic E-state index is 12.1. The van der Waals surface area contributed by atoms with E-state index in [0.29, 0.717) is 11.5 Å². The Kier molecular flexibility index (Phi) is 4.74. The lowest BCUT2D eigenvalue weighted by molar-refractivity contribution is 0.0937. The summed E-state index contributed by atoms with van der Waals surface area (Å²) in [5.74, 6) is 0.503.